The highest BCUT2D eigenvalue weighted by Crippen LogP contribution is 2.60. The Kier molecular flexibility index (Phi) is 6.29. The fraction of sp³-hybridized carbons (Fsp3) is 0.300. The van der Waals surface area contributed by atoms with Crippen LogP contribution < -0.4 is 0 Å². The Morgan fingerprint density at radius 2 is 1.66 bits per heavy atom. The van der Waals surface area contributed by atoms with Gasteiger partial charge in [0.15, 0.2) is 19.7 Å². The molecule has 1 saturated carbocycles. The van der Waals surface area contributed by atoms with E-state index >= 15 is 0 Å². The molecule has 0 spiro atoms. The summed E-state index contributed by atoms with van der Waals surface area (Å²) in [4.78, 5) is 4.87. The summed E-state index contributed by atoms with van der Waals surface area (Å²) >= 11 is 0. The molecular weight excluding hydrogens is 518 g/mol. The summed E-state index contributed by atoms with van der Waals surface area (Å²) in [6.45, 7) is 3.38. The van der Waals surface area contributed by atoms with Gasteiger partial charge in [-0.3, -0.25) is 4.98 Å². The van der Waals surface area contributed by atoms with Crippen LogP contribution in [0, 0.1) is 0 Å². The third kappa shape index (κ3) is 4.44. The van der Waals surface area contributed by atoms with Crippen LogP contribution in [-0.2, 0) is 29.8 Å². The Labute approximate surface area is 224 Å². The molecule has 2 unspecified atom stereocenters. The first-order valence-electron chi connectivity index (χ1n) is 12.4. The lowest BCUT2D eigenvalue weighted by Gasteiger charge is -2.24. The number of benzene rings is 3. The summed E-state index contributed by atoms with van der Waals surface area (Å²) in [6, 6.07) is 22.5. The number of nitrogens with zero attached hydrogens (tertiary/aromatic N) is 1. The lowest BCUT2D eigenvalue weighted by molar-refractivity contribution is 0.251. The standard InChI is InChI=1S/C30H31NO5S2/c1-29(2,38(4,35)36)24-16-22-9-6-14-31-28(22)26(17-24)20-7-5-8-21(15-20)27-18-30(27,19-32)23-10-12-25(13-11-23)37(3,33)34/h5-17,27,32H,18-19H2,1-4H3. The maximum atomic E-state index is 12.6. The van der Waals surface area contributed by atoms with Crippen LogP contribution in [0.1, 0.15) is 42.9 Å². The zero-order valence-electron chi connectivity index (χ0n) is 21.8. The number of sulfone groups is 2. The highest BCUT2D eigenvalue weighted by molar-refractivity contribution is 7.91. The van der Waals surface area contributed by atoms with Crippen molar-refractivity contribution < 1.29 is 21.9 Å². The zero-order chi connectivity index (χ0) is 27.5. The quantitative estimate of drug-likeness (QED) is 0.348. The first-order chi connectivity index (χ1) is 17.8. The molecule has 0 radical (unpaired) electrons. The number of hydrogen-bond acceptors (Lipinski definition) is 6. The third-order valence-electron chi connectivity index (χ3n) is 8.14. The summed E-state index contributed by atoms with van der Waals surface area (Å²) < 4.78 is 48.0. The molecule has 0 bridgehead atoms. The van der Waals surface area contributed by atoms with Crippen LogP contribution >= 0.6 is 0 Å². The molecule has 0 aliphatic heterocycles. The molecule has 38 heavy (non-hydrogen) atoms. The van der Waals surface area contributed by atoms with E-state index in [1.165, 1.54) is 12.5 Å². The molecule has 1 fully saturated rings. The first kappa shape index (κ1) is 26.5. The van der Waals surface area contributed by atoms with Crippen molar-refractivity contribution in [1.82, 2.24) is 4.98 Å². The van der Waals surface area contributed by atoms with E-state index in [1.807, 2.05) is 42.5 Å². The van der Waals surface area contributed by atoms with Gasteiger partial charge in [-0.1, -0.05) is 42.5 Å². The van der Waals surface area contributed by atoms with Gasteiger partial charge in [0.2, 0.25) is 0 Å². The van der Waals surface area contributed by atoms with Gasteiger partial charge in [0.1, 0.15) is 0 Å². The second-order valence-electron chi connectivity index (χ2n) is 10.9. The van der Waals surface area contributed by atoms with Crippen molar-refractivity contribution in [2.75, 3.05) is 19.1 Å². The lowest BCUT2D eigenvalue weighted by Crippen LogP contribution is -2.28. The maximum Gasteiger partial charge on any atom is 0.175 e. The first-order valence-corrected chi connectivity index (χ1v) is 16.2. The number of fused-ring (bicyclic) bond motifs is 1. The van der Waals surface area contributed by atoms with Gasteiger partial charge in [-0.05, 0) is 78.8 Å². The topological polar surface area (TPSA) is 101 Å². The Bertz CT molecular complexity index is 1760. The fourth-order valence-corrected chi connectivity index (χ4v) is 6.43. The van der Waals surface area contributed by atoms with E-state index < -0.39 is 29.8 Å². The SMILES string of the molecule is CC(C)(c1cc(-c2cccc(C3CC3(CO)c3ccc(S(C)(=O)=O)cc3)c2)c2ncccc2c1)S(C)(=O)=O. The molecule has 1 heterocycles. The third-order valence-corrected chi connectivity index (χ3v) is 11.4. The van der Waals surface area contributed by atoms with Gasteiger partial charge in [-0.15, -0.1) is 0 Å². The van der Waals surface area contributed by atoms with Crippen molar-refractivity contribution in [3.05, 3.63) is 95.7 Å². The molecule has 1 aliphatic rings. The number of hydrogen-bond donors (Lipinski definition) is 1. The largest absolute Gasteiger partial charge is 0.395 e. The van der Waals surface area contributed by atoms with Crippen molar-refractivity contribution in [3.63, 3.8) is 0 Å². The summed E-state index contributed by atoms with van der Waals surface area (Å²) in [5.74, 6) is 0.0615. The van der Waals surface area contributed by atoms with Crippen molar-refractivity contribution in [1.29, 1.82) is 0 Å². The van der Waals surface area contributed by atoms with Crippen LogP contribution in [-0.4, -0.2) is 46.0 Å². The normalized spacial score (nSPS) is 20.0. The van der Waals surface area contributed by atoms with Crippen molar-refractivity contribution in [3.8, 4) is 11.1 Å². The molecule has 2 atom stereocenters. The molecule has 4 aromatic rings. The molecule has 8 heteroatoms. The van der Waals surface area contributed by atoms with Crippen LogP contribution in [0.5, 0.6) is 0 Å². The second kappa shape index (κ2) is 9.00. The lowest BCUT2D eigenvalue weighted by atomic mass is 9.89. The molecule has 3 aromatic carbocycles. The van der Waals surface area contributed by atoms with E-state index in [0.29, 0.717) is 5.56 Å². The number of aromatic nitrogens is 1. The fourth-order valence-electron chi connectivity index (χ4n) is 5.26. The molecule has 0 amide bonds. The summed E-state index contributed by atoms with van der Waals surface area (Å²) in [7, 11) is -6.68. The summed E-state index contributed by atoms with van der Waals surface area (Å²) in [5.41, 5.74) is 4.75. The van der Waals surface area contributed by atoms with Gasteiger partial charge in [0, 0.05) is 35.1 Å². The number of pyridine rings is 1. The van der Waals surface area contributed by atoms with Gasteiger partial charge >= 0.3 is 0 Å². The van der Waals surface area contributed by atoms with Gasteiger partial charge in [-0.25, -0.2) is 16.8 Å². The highest BCUT2D eigenvalue weighted by atomic mass is 32.2. The van der Waals surface area contributed by atoms with Crippen LogP contribution in [0.4, 0.5) is 0 Å². The van der Waals surface area contributed by atoms with Gasteiger partial charge < -0.3 is 5.11 Å². The Balaban J connectivity index is 1.58. The molecule has 1 aromatic heterocycles. The molecule has 6 nitrogen and oxygen atoms in total. The molecule has 1 aliphatic carbocycles. The van der Waals surface area contributed by atoms with E-state index in [9.17, 15) is 21.9 Å². The molecular formula is C30H31NO5S2. The van der Waals surface area contributed by atoms with E-state index in [1.54, 1.807) is 44.3 Å². The average molecular weight is 550 g/mol. The molecule has 198 valence electrons. The predicted molar refractivity (Wildman–Crippen MR) is 151 cm³/mol. The van der Waals surface area contributed by atoms with Crippen molar-refractivity contribution >= 4 is 30.6 Å². The summed E-state index contributed by atoms with van der Waals surface area (Å²) in [6.07, 6.45) is 4.91. The minimum Gasteiger partial charge on any atom is -0.395 e. The predicted octanol–water partition coefficient (Wildman–Crippen LogP) is 5.00. The Morgan fingerprint density at radius 1 is 0.947 bits per heavy atom. The minimum atomic E-state index is -3.38. The number of aliphatic hydroxyl groups excluding tert-OH is 1. The van der Waals surface area contributed by atoms with Gasteiger partial charge in [0.05, 0.1) is 21.8 Å². The number of rotatable bonds is 7. The van der Waals surface area contributed by atoms with Crippen LogP contribution in [0.25, 0.3) is 22.0 Å². The van der Waals surface area contributed by atoms with Crippen molar-refractivity contribution in [2.45, 2.75) is 41.2 Å². The van der Waals surface area contributed by atoms with Crippen molar-refractivity contribution in [2.24, 2.45) is 0 Å². The maximum absolute atomic E-state index is 12.6. The second-order valence-corrected chi connectivity index (χ2v) is 15.5. The highest BCUT2D eigenvalue weighted by Gasteiger charge is 2.55. The summed E-state index contributed by atoms with van der Waals surface area (Å²) in [5, 5.41) is 11.3. The minimum absolute atomic E-state index is 0.0529. The van der Waals surface area contributed by atoms with E-state index in [2.05, 4.69) is 11.1 Å². The van der Waals surface area contributed by atoms with Crippen LogP contribution in [0.15, 0.2) is 83.9 Å². The number of aliphatic hydroxyl groups is 1. The van der Waals surface area contributed by atoms with Crippen LogP contribution in [0.3, 0.4) is 0 Å². The smallest absolute Gasteiger partial charge is 0.175 e. The van der Waals surface area contributed by atoms with E-state index in [-0.39, 0.29) is 17.4 Å². The van der Waals surface area contributed by atoms with Gasteiger partial charge in [-0.2, -0.15) is 0 Å². The van der Waals surface area contributed by atoms with Crippen LogP contribution in [0.2, 0.25) is 0 Å². The Morgan fingerprint density at radius 3 is 2.29 bits per heavy atom. The average Bonchev–Trinajstić information content (AvgIpc) is 3.63. The Hall–Kier alpha value is -3.07. The van der Waals surface area contributed by atoms with Gasteiger partial charge in [0.25, 0.3) is 0 Å². The zero-order valence-corrected chi connectivity index (χ0v) is 23.5. The molecule has 0 saturated heterocycles. The van der Waals surface area contributed by atoms with E-state index in [4.69, 9.17) is 0 Å². The van der Waals surface area contributed by atoms with E-state index in [0.717, 1.165) is 39.6 Å². The monoisotopic (exact) mass is 549 g/mol. The molecule has 1 N–H and O–H groups in total. The molecule has 5 rings (SSSR count).